The predicted octanol–water partition coefficient (Wildman–Crippen LogP) is 6.57. The van der Waals surface area contributed by atoms with E-state index in [-0.39, 0.29) is 5.91 Å². The number of nitrogens with zero attached hydrogens (tertiary/aromatic N) is 3. The van der Waals surface area contributed by atoms with Crippen molar-refractivity contribution in [2.45, 2.75) is 58.5 Å². The van der Waals surface area contributed by atoms with Gasteiger partial charge in [-0.15, -0.1) is 0 Å². The van der Waals surface area contributed by atoms with Gasteiger partial charge in [-0.2, -0.15) is 0 Å². The zero-order chi connectivity index (χ0) is 27.5. The second-order valence-electron chi connectivity index (χ2n) is 10.6. The topological polar surface area (TPSA) is 50.2 Å². The van der Waals surface area contributed by atoms with Crippen molar-refractivity contribution in [3.05, 3.63) is 108 Å². The highest BCUT2D eigenvalue weighted by atomic mass is 16.1. The van der Waals surface area contributed by atoms with Crippen molar-refractivity contribution < 1.29 is 4.79 Å². The lowest BCUT2D eigenvalue weighted by Crippen LogP contribution is -2.32. The molecule has 2 aromatic carbocycles. The second-order valence-corrected chi connectivity index (χ2v) is 10.6. The number of amides is 1. The Hall–Kier alpha value is -3.70. The first kappa shape index (κ1) is 28.3. The molecule has 0 radical (unpaired) electrons. The molecule has 1 N–H and O–H groups in total. The van der Waals surface area contributed by atoms with E-state index in [1.165, 1.54) is 27.6 Å². The van der Waals surface area contributed by atoms with E-state index in [4.69, 9.17) is 0 Å². The summed E-state index contributed by atoms with van der Waals surface area (Å²) in [6.45, 7) is 7.30. The van der Waals surface area contributed by atoms with Gasteiger partial charge in [-0.05, 0) is 80.0 Å². The van der Waals surface area contributed by atoms with Gasteiger partial charge in [0, 0.05) is 68.3 Å². The normalized spacial score (nSPS) is 11.7. The third-order valence-corrected chi connectivity index (χ3v) is 7.34. The average molecular weight is 523 g/mol. The van der Waals surface area contributed by atoms with Gasteiger partial charge in [0.15, 0.2) is 0 Å². The standard InChI is InChI=1S/C34H42N4O/c1-27(2)38(23-20-31-26-37(3)33-13-7-6-12-32(31)33)25-30-16-14-28(15-17-30)10-5-4-8-22-36-34(39)19-18-29-11-9-21-35-24-29/h6-7,9,11-19,21,24,26-27H,4-5,8,10,20,22-23,25H2,1-3H3,(H,36,39)/b19-18+. The molecule has 0 saturated heterocycles. The van der Waals surface area contributed by atoms with Crippen LogP contribution in [-0.4, -0.2) is 39.5 Å². The van der Waals surface area contributed by atoms with Gasteiger partial charge in [0.2, 0.25) is 5.91 Å². The van der Waals surface area contributed by atoms with E-state index in [1.54, 1.807) is 24.5 Å². The largest absolute Gasteiger partial charge is 0.353 e. The molecule has 2 aromatic heterocycles. The van der Waals surface area contributed by atoms with Gasteiger partial charge >= 0.3 is 0 Å². The number of hydrogen-bond donors (Lipinski definition) is 1. The summed E-state index contributed by atoms with van der Waals surface area (Å²) in [5, 5.41) is 4.33. The minimum Gasteiger partial charge on any atom is -0.353 e. The summed E-state index contributed by atoms with van der Waals surface area (Å²) in [5.41, 5.74) is 6.41. The lowest BCUT2D eigenvalue weighted by Gasteiger charge is -2.26. The van der Waals surface area contributed by atoms with Crippen LogP contribution in [-0.2, 0) is 31.2 Å². The third kappa shape index (κ3) is 8.66. The Kier molecular flexibility index (Phi) is 10.5. The maximum Gasteiger partial charge on any atom is 0.243 e. The maximum absolute atomic E-state index is 12.0. The van der Waals surface area contributed by atoms with Crippen molar-refractivity contribution in [3.8, 4) is 0 Å². The van der Waals surface area contributed by atoms with Crippen LogP contribution < -0.4 is 5.32 Å². The summed E-state index contributed by atoms with van der Waals surface area (Å²) in [6.07, 6.45) is 14.5. The smallest absolute Gasteiger partial charge is 0.243 e. The van der Waals surface area contributed by atoms with Crippen LogP contribution in [0.1, 0.15) is 55.4 Å². The number of rotatable bonds is 14. The molecule has 2 heterocycles. The van der Waals surface area contributed by atoms with Crippen LogP contribution in [0.3, 0.4) is 0 Å². The Morgan fingerprint density at radius 3 is 2.54 bits per heavy atom. The van der Waals surface area contributed by atoms with E-state index in [1.807, 2.05) is 12.1 Å². The number of fused-ring (bicyclic) bond motifs is 1. The van der Waals surface area contributed by atoms with Gasteiger partial charge in [-0.3, -0.25) is 14.7 Å². The number of aryl methyl sites for hydroxylation is 2. The summed E-state index contributed by atoms with van der Waals surface area (Å²) in [5.74, 6) is -0.0537. The molecule has 0 aliphatic heterocycles. The molecule has 0 unspecified atom stereocenters. The van der Waals surface area contributed by atoms with E-state index < -0.39 is 0 Å². The van der Waals surface area contributed by atoms with Crippen LogP contribution in [0.5, 0.6) is 0 Å². The van der Waals surface area contributed by atoms with Gasteiger partial charge in [0.1, 0.15) is 0 Å². The van der Waals surface area contributed by atoms with E-state index in [0.29, 0.717) is 12.6 Å². The number of para-hydroxylation sites is 1. The van der Waals surface area contributed by atoms with Gasteiger partial charge in [0.25, 0.3) is 0 Å². The zero-order valence-electron chi connectivity index (χ0n) is 23.6. The van der Waals surface area contributed by atoms with Gasteiger partial charge in [-0.1, -0.05) is 55.0 Å². The molecule has 0 aliphatic rings. The second kappa shape index (κ2) is 14.5. The zero-order valence-corrected chi connectivity index (χ0v) is 23.6. The van der Waals surface area contributed by atoms with Crippen molar-refractivity contribution in [2.75, 3.05) is 13.1 Å². The first-order valence-electron chi connectivity index (χ1n) is 14.2. The fourth-order valence-corrected chi connectivity index (χ4v) is 5.00. The van der Waals surface area contributed by atoms with Crippen molar-refractivity contribution >= 4 is 22.9 Å². The monoisotopic (exact) mass is 522 g/mol. The highest BCUT2D eigenvalue weighted by molar-refractivity contribution is 5.91. The molecular weight excluding hydrogens is 480 g/mol. The molecule has 39 heavy (non-hydrogen) atoms. The fraction of sp³-hybridized carbons (Fsp3) is 0.353. The number of unbranched alkanes of at least 4 members (excludes halogenated alkanes) is 2. The van der Waals surface area contributed by atoms with Crippen molar-refractivity contribution in [1.82, 2.24) is 19.8 Å². The van der Waals surface area contributed by atoms with Crippen LogP contribution in [0.15, 0.2) is 85.3 Å². The molecule has 4 rings (SSSR count). The Balaban J connectivity index is 1.16. The van der Waals surface area contributed by atoms with Crippen LogP contribution in [0.25, 0.3) is 17.0 Å². The Labute approximate surface area is 233 Å². The van der Waals surface area contributed by atoms with Crippen LogP contribution in [0.2, 0.25) is 0 Å². The molecule has 4 aromatic rings. The van der Waals surface area contributed by atoms with E-state index in [0.717, 1.165) is 50.8 Å². The Bertz CT molecular complexity index is 1340. The SMILES string of the molecule is CC(C)N(CCc1cn(C)c2ccccc12)Cc1ccc(CCCCCNC(=O)/C=C/c2cccnc2)cc1. The molecule has 204 valence electrons. The maximum atomic E-state index is 12.0. The number of hydrogen-bond acceptors (Lipinski definition) is 3. The number of carbonyl (C=O) groups excluding carboxylic acids is 1. The molecule has 0 atom stereocenters. The molecule has 0 spiro atoms. The quantitative estimate of drug-likeness (QED) is 0.151. The number of aromatic nitrogens is 2. The molecule has 0 fully saturated rings. The number of benzene rings is 2. The Morgan fingerprint density at radius 1 is 0.974 bits per heavy atom. The van der Waals surface area contributed by atoms with Crippen LogP contribution in [0.4, 0.5) is 0 Å². The third-order valence-electron chi connectivity index (χ3n) is 7.34. The van der Waals surface area contributed by atoms with Gasteiger partial charge in [-0.25, -0.2) is 0 Å². The van der Waals surface area contributed by atoms with Crippen molar-refractivity contribution in [1.29, 1.82) is 0 Å². The summed E-state index contributed by atoms with van der Waals surface area (Å²) < 4.78 is 2.24. The van der Waals surface area contributed by atoms with Gasteiger partial charge < -0.3 is 9.88 Å². The molecule has 0 saturated carbocycles. The first-order chi connectivity index (χ1) is 19.0. The minimum atomic E-state index is -0.0537. The Morgan fingerprint density at radius 2 is 1.77 bits per heavy atom. The lowest BCUT2D eigenvalue weighted by molar-refractivity contribution is -0.116. The van der Waals surface area contributed by atoms with Crippen LogP contribution >= 0.6 is 0 Å². The van der Waals surface area contributed by atoms with E-state index in [2.05, 4.69) is 95.4 Å². The summed E-state index contributed by atoms with van der Waals surface area (Å²) in [6, 6.07) is 22.1. The fourth-order valence-electron chi connectivity index (χ4n) is 5.00. The van der Waals surface area contributed by atoms with E-state index >= 15 is 0 Å². The average Bonchev–Trinajstić information content (AvgIpc) is 3.28. The predicted molar refractivity (Wildman–Crippen MR) is 162 cm³/mol. The van der Waals surface area contributed by atoms with Crippen molar-refractivity contribution in [3.63, 3.8) is 0 Å². The molecule has 5 heteroatoms. The molecule has 0 aliphatic carbocycles. The van der Waals surface area contributed by atoms with Gasteiger partial charge in [0.05, 0.1) is 0 Å². The summed E-state index contributed by atoms with van der Waals surface area (Å²) >= 11 is 0. The molecular formula is C34H42N4O. The summed E-state index contributed by atoms with van der Waals surface area (Å²) in [4.78, 5) is 18.6. The number of carbonyl (C=O) groups is 1. The highest BCUT2D eigenvalue weighted by Gasteiger charge is 2.13. The van der Waals surface area contributed by atoms with E-state index in [9.17, 15) is 4.79 Å². The lowest BCUT2D eigenvalue weighted by atomic mass is 10.0. The number of nitrogens with one attached hydrogen (secondary N) is 1. The van der Waals surface area contributed by atoms with Crippen LogP contribution in [0, 0.1) is 0 Å². The first-order valence-corrected chi connectivity index (χ1v) is 14.2. The van der Waals surface area contributed by atoms with Crippen molar-refractivity contribution in [2.24, 2.45) is 7.05 Å². The molecule has 5 nitrogen and oxygen atoms in total. The minimum absolute atomic E-state index is 0.0537. The number of pyridine rings is 1. The molecule has 1 amide bonds. The summed E-state index contributed by atoms with van der Waals surface area (Å²) in [7, 11) is 2.13. The molecule has 0 bridgehead atoms. The highest BCUT2D eigenvalue weighted by Crippen LogP contribution is 2.22.